The molecule has 0 bridgehead atoms. The number of H-pyrrole nitrogens is 1. The van der Waals surface area contributed by atoms with Crippen LogP contribution in [0.4, 0.5) is 23.1 Å². The van der Waals surface area contributed by atoms with E-state index in [9.17, 15) is 4.79 Å². The SMILES string of the molecule is Cc1cnc(Nc2cc(C)n(C)n2)nc1-c1c[nH]c2c(N3Cc4c(cccc4-c4ccc(N(C)C)cc4)C3=O)cccc12. The minimum Gasteiger partial charge on any atom is -0.378 e. The van der Waals surface area contributed by atoms with Crippen molar-refractivity contribution in [2.45, 2.75) is 20.4 Å². The third-order valence-electron chi connectivity index (χ3n) is 8.23. The fourth-order valence-corrected chi connectivity index (χ4v) is 5.81. The number of aryl methyl sites for hydroxylation is 3. The minimum absolute atomic E-state index is 0.000712. The number of hydrogen-bond donors (Lipinski definition) is 2. The van der Waals surface area contributed by atoms with Gasteiger partial charge in [-0.15, -0.1) is 0 Å². The van der Waals surface area contributed by atoms with E-state index >= 15 is 0 Å². The van der Waals surface area contributed by atoms with Crippen molar-refractivity contribution in [3.8, 4) is 22.4 Å². The lowest BCUT2D eigenvalue weighted by Crippen LogP contribution is -2.23. The molecule has 0 unspecified atom stereocenters. The molecule has 1 aliphatic rings. The number of nitrogens with zero attached hydrogens (tertiary/aromatic N) is 6. The topological polar surface area (TPSA) is 95.0 Å². The van der Waals surface area contributed by atoms with Crippen molar-refractivity contribution in [2.24, 2.45) is 7.05 Å². The maximum absolute atomic E-state index is 13.8. The van der Waals surface area contributed by atoms with Crippen LogP contribution in [0.25, 0.3) is 33.3 Å². The smallest absolute Gasteiger partial charge is 0.259 e. The number of rotatable bonds is 6. The van der Waals surface area contributed by atoms with Crippen molar-refractivity contribution < 1.29 is 4.79 Å². The van der Waals surface area contributed by atoms with Crippen LogP contribution in [-0.2, 0) is 13.6 Å². The average Bonchev–Trinajstić information content (AvgIpc) is 3.68. The summed E-state index contributed by atoms with van der Waals surface area (Å²) in [6.07, 6.45) is 3.78. The molecular formula is C34H32N8O. The zero-order chi connectivity index (χ0) is 29.8. The number of fused-ring (bicyclic) bond motifs is 2. The molecule has 2 N–H and O–H groups in total. The molecule has 0 spiro atoms. The summed E-state index contributed by atoms with van der Waals surface area (Å²) in [5, 5.41) is 8.68. The van der Waals surface area contributed by atoms with Crippen LogP contribution in [0.3, 0.4) is 0 Å². The summed E-state index contributed by atoms with van der Waals surface area (Å²) < 4.78 is 1.81. The molecule has 6 aromatic rings. The van der Waals surface area contributed by atoms with Gasteiger partial charge in [0.05, 0.1) is 23.4 Å². The van der Waals surface area contributed by atoms with Crippen LogP contribution >= 0.6 is 0 Å². The Kier molecular flexibility index (Phi) is 6.23. The molecule has 0 atom stereocenters. The molecule has 9 heteroatoms. The summed E-state index contributed by atoms with van der Waals surface area (Å²) in [6.45, 7) is 4.49. The van der Waals surface area contributed by atoms with E-state index in [1.807, 2.05) is 82.6 Å². The molecule has 43 heavy (non-hydrogen) atoms. The van der Waals surface area contributed by atoms with Gasteiger partial charge in [0.1, 0.15) is 0 Å². The van der Waals surface area contributed by atoms with Crippen molar-refractivity contribution in [3.05, 3.63) is 102 Å². The number of aromatic nitrogens is 5. The Bertz CT molecular complexity index is 2000. The van der Waals surface area contributed by atoms with Gasteiger partial charge in [-0.25, -0.2) is 9.97 Å². The molecule has 0 fully saturated rings. The summed E-state index contributed by atoms with van der Waals surface area (Å²) >= 11 is 0. The van der Waals surface area contributed by atoms with Crippen molar-refractivity contribution in [1.82, 2.24) is 24.7 Å². The Morgan fingerprint density at radius 2 is 1.72 bits per heavy atom. The van der Waals surface area contributed by atoms with Crippen LogP contribution in [-0.4, -0.2) is 44.7 Å². The van der Waals surface area contributed by atoms with Gasteiger partial charge in [0.2, 0.25) is 5.95 Å². The van der Waals surface area contributed by atoms with E-state index in [4.69, 9.17) is 4.98 Å². The van der Waals surface area contributed by atoms with Gasteiger partial charge in [-0.3, -0.25) is 9.48 Å². The highest BCUT2D eigenvalue weighted by molar-refractivity contribution is 6.15. The number of carbonyl (C=O) groups excluding carboxylic acids is 1. The fourth-order valence-electron chi connectivity index (χ4n) is 5.81. The van der Waals surface area contributed by atoms with Gasteiger partial charge in [-0.05, 0) is 60.4 Å². The minimum atomic E-state index is 0.000712. The number of benzene rings is 3. The number of hydrogen-bond acceptors (Lipinski definition) is 6. The number of amides is 1. The standard InChI is InChI=1S/C34H32N8O/c1-20-17-36-34(37-30-16-21(2)41(5)39-30)38-31(20)27-18-35-32-25(27)9-7-11-29(32)42-19-28-24(8-6-10-26(28)33(42)43)22-12-14-23(15-13-22)40(3)4/h6-18,35H,19H2,1-5H3,(H,36,37,38,39). The summed E-state index contributed by atoms with van der Waals surface area (Å²) in [6, 6.07) is 22.5. The predicted molar refractivity (Wildman–Crippen MR) is 172 cm³/mol. The molecule has 3 aromatic heterocycles. The maximum Gasteiger partial charge on any atom is 0.259 e. The Morgan fingerprint density at radius 1 is 0.953 bits per heavy atom. The Hall–Kier alpha value is -5.44. The summed E-state index contributed by atoms with van der Waals surface area (Å²) in [5.41, 5.74) is 10.6. The lowest BCUT2D eigenvalue weighted by Gasteiger charge is -2.17. The Morgan fingerprint density at radius 3 is 2.47 bits per heavy atom. The van der Waals surface area contributed by atoms with Crippen LogP contribution in [0.5, 0.6) is 0 Å². The van der Waals surface area contributed by atoms with E-state index in [1.165, 1.54) is 0 Å². The van der Waals surface area contributed by atoms with E-state index in [-0.39, 0.29) is 5.91 Å². The van der Waals surface area contributed by atoms with Gasteiger partial charge in [-0.1, -0.05) is 36.4 Å². The van der Waals surface area contributed by atoms with Crippen LogP contribution < -0.4 is 15.1 Å². The zero-order valence-corrected chi connectivity index (χ0v) is 24.8. The molecule has 7 rings (SSSR count). The molecule has 0 aliphatic carbocycles. The first-order chi connectivity index (χ1) is 20.8. The van der Waals surface area contributed by atoms with E-state index in [1.54, 1.807) is 4.68 Å². The predicted octanol–water partition coefficient (Wildman–Crippen LogP) is 6.61. The van der Waals surface area contributed by atoms with Gasteiger partial charge in [0.25, 0.3) is 5.91 Å². The molecule has 3 aromatic carbocycles. The first-order valence-corrected chi connectivity index (χ1v) is 14.2. The largest absolute Gasteiger partial charge is 0.378 e. The average molecular weight is 569 g/mol. The molecule has 4 heterocycles. The summed E-state index contributed by atoms with van der Waals surface area (Å²) in [5.74, 6) is 1.16. The van der Waals surface area contributed by atoms with Crippen molar-refractivity contribution in [1.29, 1.82) is 0 Å². The second kappa shape index (κ2) is 10.1. The fraction of sp³-hybridized carbons (Fsp3) is 0.176. The summed E-state index contributed by atoms with van der Waals surface area (Å²) in [7, 11) is 5.96. The number of aromatic amines is 1. The third kappa shape index (κ3) is 4.50. The second-order valence-electron chi connectivity index (χ2n) is 11.2. The van der Waals surface area contributed by atoms with Gasteiger partial charge in [0, 0.05) is 67.5 Å². The number of carbonyl (C=O) groups is 1. The maximum atomic E-state index is 13.8. The number of para-hydroxylation sites is 1. The quantitative estimate of drug-likeness (QED) is 0.235. The van der Waals surface area contributed by atoms with Crippen molar-refractivity contribution in [3.63, 3.8) is 0 Å². The first-order valence-electron chi connectivity index (χ1n) is 14.2. The van der Waals surface area contributed by atoms with Crippen molar-refractivity contribution >= 4 is 40.0 Å². The van der Waals surface area contributed by atoms with Gasteiger partial charge >= 0.3 is 0 Å². The van der Waals surface area contributed by atoms with E-state index in [2.05, 4.69) is 61.7 Å². The number of nitrogens with one attached hydrogen (secondary N) is 2. The summed E-state index contributed by atoms with van der Waals surface area (Å²) in [4.78, 5) is 30.6. The molecule has 0 radical (unpaired) electrons. The lowest BCUT2D eigenvalue weighted by molar-refractivity contribution is 0.0997. The van der Waals surface area contributed by atoms with Crippen LogP contribution in [0.1, 0.15) is 27.2 Å². The second-order valence-corrected chi connectivity index (χ2v) is 11.2. The lowest BCUT2D eigenvalue weighted by atomic mass is 9.97. The highest BCUT2D eigenvalue weighted by Crippen LogP contribution is 2.40. The Labute approximate surface area is 249 Å². The highest BCUT2D eigenvalue weighted by Gasteiger charge is 2.32. The van der Waals surface area contributed by atoms with Crippen LogP contribution in [0.15, 0.2) is 79.1 Å². The van der Waals surface area contributed by atoms with E-state index in [0.29, 0.717) is 18.3 Å². The number of anilines is 4. The van der Waals surface area contributed by atoms with Crippen LogP contribution in [0, 0.1) is 13.8 Å². The van der Waals surface area contributed by atoms with E-state index in [0.717, 1.165) is 67.0 Å². The first kappa shape index (κ1) is 26.5. The third-order valence-corrected chi connectivity index (χ3v) is 8.23. The molecule has 9 nitrogen and oxygen atoms in total. The highest BCUT2D eigenvalue weighted by atomic mass is 16.2. The normalized spacial score (nSPS) is 12.7. The van der Waals surface area contributed by atoms with Crippen LogP contribution in [0.2, 0.25) is 0 Å². The molecule has 214 valence electrons. The molecule has 1 amide bonds. The van der Waals surface area contributed by atoms with Gasteiger partial charge in [-0.2, -0.15) is 5.10 Å². The molecule has 0 saturated heterocycles. The zero-order valence-electron chi connectivity index (χ0n) is 24.8. The molecule has 1 aliphatic heterocycles. The molecule has 0 saturated carbocycles. The monoisotopic (exact) mass is 568 g/mol. The molecular weight excluding hydrogens is 536 g/mol. The van der Waals surface area contributed by atoms with Gasteiger partial charge < -0.3 is 20.1 Å². The Balaban J connectivity index is 1.24. The van der Waals surface area contributed by atoms with Crippen molar-refractivity contribution in [2.75, 3.05) is 29.2 Å². The van der Waals surface area contributed by atoms with E-state index < -0.39 is 0 Å². The van der Waals surface area contributed by atoms with Gasteiger partial charge in [0.15, 0.2) is 5.82 Å².